The number of pyridine rings is 1. The van der Waals surface area contributed by atoms with E-state index < -0.39 is 6.04 Å². The Balaban J connectivity index is 1.51. The van der Waals surface area contributed by atoms with E-state index in [4.69, 9.17) is 9.05 Å². The standard InChI is InChI=1S/C21H20N6O3/c1-12(2)17(21-25-18(27-30-21)14-8-10-22-11-9-14)24-19(28)15-4-6-16(7-5-15)20-23-13(3)26-29-20/h4-12,17H,1-3H3,(H,24,28). The largest absolute Gasteiger partial charge is 0.340 e. The highest BCUT2D eigenvalue weighted by molar-refractivity contribution is 5.94. The smallest absolute Gasteiger partial charge is 0.257 e. The summed E-state index contributed by atoms with van der Waals surface area (Å²) in [5.74, 6) is 1.56. The van der Waals surface area contributed by atoms with Gasteiger partial charge in [-0.05, 0) is 49.2 Å². The zero-order valence-electron chi connectivity index (χ0n) is 16.7. The summed E-state index contributed by atoms with van der Waals surface area (Å²) in [6, 6.07) is 10.1. The normalized spacial score (nSPS) is 12.1. The SMILES string of the molecule is Cc1noc(-c2ccc(C(=O)NC(c3nc(-c4ccncc4)no3)C(C)C)cc2)n1. The molecule has 0 saturated heterocycles. The lowest BCUT2D eigenvalue weighted by molar-refractivity contribution is 0.0914. The second-order valence-electron chi connectivity index (χ2n) is 7.11. The number of carbonyl (C=O) groups excluding carboxylic acids is 1. The fourth-order valence-corrected chi connectivity index (χ4v) is 2.90. The molecule has 3 aromatic heterocycles. The van der Waals surface area contributed by atoms with Gasteiger partial charge in [-0.15, -0.1) is 0 Å². The fraction of sp³-hybridized carbons (Fsp3) is 0.238. The predicted molar refractivity (Wildman–Crippen MR) is 107 cm³/mol. The van der Waals surface area contributed by atoms with Gasteiger partial charge in [0.05, 0.1) is 0 Å². The molecule has 0 fully saturated rings. The molecule has 4 rings (SSSR count). The van der Waals surface area contributed by atoms with E-state index in [9.17, 15) is 4.79 Å². The minimum atomic E-state index is -0.432. The number of hydrogen-bond acceptors (Lipinski definition) is 8. The van der Waals surface area contributed by atoms with Gasteiger partial charge in [0.25, 0.3) is 11.8 Å². The minimum absolute atomic E-state index is 0.0420. The van der Waals surface area contributed by atoms with Crippen LogP contribution in [0.25, 0.3) is 22.8 Å². The van der Waals surface area contributed by atoms with E-state index in [-0.39, 0.29) is 11.8 Å². The molecule has 0 aliphatic carbocycles. The number of aromatic nitrogens is 5. The first kappa shape index (κ1) is 19.4. The first-order valence-electron chi connectivity index (χ1n) is 9.47. The monoisotopic (exact) mass is 404 g/mol. The van der Waals surface area contributed by atoms with Crippen molar-refractivity contribution in [2.75, 3.05) is 0 Å². The van der Waals surface area contributed by atoms with E-state index >= 15 is 0 Å². The van der Waals surface area contributed by atoms with Crippen LogP contribution in [-0.2, 0) is 0 Å². The molecule has 1 aromatic carbocycles. The lowest BCUT2D eigenvalue weighted by Gasteiger charge is -2.18. The van der Waals surface area contributed by atoms with Crippen LogP contribution in [0.5, 0.6) is 0 Å². The number of carbonyl (C=O) groups is 1. The molecule has 0 saturated carbocycles. The molecular formula is C21H20N6O3. The molecule has 4 aromatic rings. The second kappa shape index (κ2) is 8.24. The molecule has 0 radical (unpaired) electrons. The Morgan fingerprint density at radius 2 is 1.67 bits per heavy atom. The van der Waals surface area contributed by atoms with E-state index in [0.717, 1.165) is 11.1 Å². The maximum atomic E-state index is 12.8. The van der Waals surface area contributed by atoms with E-state index in [1.807, 2.05) is 13.8 Å². The summed E-state index contributed by atoms with van der Waals surface area (Å²) >= 11 is 0. The molecule has 1 amide bonds. The van der Waals surface area contributed by atoms with Crippen molar-refractivity contribution in [1.82, 2.24) is 30.6 Å². The molecule has 152 valence electrons. The maximum Gasteiger partial charge on any atom is 0.257 e. The highest BCUT2D eigenvalue weighted by Crippen LogP contribution is 2.24. The highest BCUT2D eigenvalue weighted by atomic mass is 16.5. The van der Waals surface area contributed by atoms with Crippen LogP contribution in [0.4, 0.5) is 0 Å². The third-order valence-electron chi connectivity index (χ3n) is 4.52. The van der Waals surface area contributed by atoms with E-state index in [1.54, 1.807) is 55.7 Å². The van der Waals surface area contributed by atoms with Gasteiger partial charge in [-0.1, -0.05) is 24.2 Å². The molecule has 1 atom stereocenters. The van der Waals surface area contributed by atoms with Crippen LogP contribution in [0, 0.1) is 12.8 Å². The minimum Gasteiger partial charge on any atom is -0.340 e. The van der Waals surface area contributed by atoms with Gasteiger partial charge in [0, 0.05) is 29.1 Å². The van der Waals surface area contributed by atoms with Gasteiger partial charge in [0.2, 0.25) is 11.7 Å². The Hall–Kier alpha value is -3.88. The number of nitrogens with zero attached hydrogens (tertiary/aromatic N) is 5. The van der Waals surface area contributed by atoms with E-state index in [0.29, 0.717) is 29.0 Å². The third kappa shape index (κ3) is 4.09. The lowest BCUT2D eigenvalue weighted by Crippen LogP contribution is -2.32. The zero-order chi connectivity index (χ0) is 21.1. The molecule has 9 heteroatoms. The molecule has 30 heavy (non-hydrogen) atoms. The van der Waals surface area contributed by atoms with Crippen molar-refractivity contribution in [3.05, 3.63) is 66.1 Å². The maximum absolute atomic E-state index is 12.8. The van der Waals surface area contributed by atoms with Crippen LogP contribution in [0.3, 0.4) is 0 Å². The van der Waals surface area contributed by atoms with Crippen LogP contribution in [0.1, 0.15) is 42.0 Å². The van der Waals surface area contributed by atoms with Crippen molar-refractivity contribution < 1.29 is 13.8 Å². The highest BCUT2D eigenvalue weighted by Gasteiger charge is 2.25. The summed E-state index contributed by atoms with van der Waals surface area (Å²) < 4.78 is 10.6. The number of hydrogen-bond donors (Lipinski definition) is 1. The van der Waals surface area contributed by atoms with E-state index in [1.165, 1.54) is 0 Å². The number of aryl methyl sites for hydroxylation is 1. The molecule has 0 spiro atoms. The van der Waals surface area contributed by atoms with Crippen LogP contribution in [0.2, 0.25) is 0 Å². The molecule has 0 aliphatic rings. The van der Waals surface area contributed by atoms with Gasteiger partial charge in [0.1, 0.15) is 6.04 Å². The van der Waals surface area contributed by atoms with Crippen LogP contribution >= 0.6 is 0 Å². The number of rotatable bonds is 6. The first-order chi connectivity index (χ1) is 14.5. The third-order valence-corrected chi connectivity index (χ3v) is 4.52. The summed E-state index contributed by atoms with van der Waals surface area (Å²) in [5.41, 5.74) is 2.03. The van der Waals surface area contributed by atoms with Gasteiger partial charge >= 0.3 is 0 Å². The Bertz CT molecular complexity index is 1140. The van der Waals surface area contributed by atoms with Gasteiger partial charge in [-0.2, -0.15) is 9.97 Å². The van der Waals surface area contributed by atoms with Crippen LogP contribution < -0.4 is 5.32 Å². The fourth-order valence-electron chi connectivity index (χ4n) is 2.90. The Labute approximate surface area is 172 Å². The average molecular weight is 404 g/mol. The van der Waals surface area contributed by atoms with Crippen molar-refractivity contribution in [1.29, 1.82) is 0 Å². The summed E-state index contributed by atoms with van der Waals surface area (Å²) in [5, 5.41) is 10.8. The molecular weight excluding hydrogens is 384 g/mol. The second-order valence-corrected chi connectivity index (χ2v) is 7.11. The molecule has 3 heterocycles. The van der Waals surface area contributed by atoms with Crippen molar-refractivity contribution in [3.63, 3.8) is 0 Å². The Morgan fingerprint density at radius 1 is 0.933 bits per heavy atom. The summed E-state index contributed by atoms with van der Waals surface area (Å²) in [6.07, 6.45) is 3.32. The van der Waals surface area contributed by atoms with E-state index in [2.05, 4.69) is 30.6 Å². The number of nitrogens with one attached hydrogen (secondary N) is 1. The average Bonchev–Trinajstić information content (AvgIpc) is 3.42. The molecule has 0 bridgehead atoms. The Kier molecular flexibility index (Phi) is 5.34. The van der Waals surface area contributed by atoms with Gasteiger partial charge in [-0.25, -0.2) is 0 Å². The Morgan fingerprint density at radius 3 is 2.30 bits per heavy atom. The van der Waals surface area contributed by atoms with Crippen molar-refractivity contribution in [3.8, 4) is 22.8 Å². The van der Waals surface area contributed by atoms with Gasteiger partial charge in [-0.3, -0.25) is 9.78 Å². The summed E-state index contributed by atoms with van der Waals surface area (Å²) in [6.45, 7) is 5.70. The van der Waals surface area contributed by atoms with Crippen molar-refractivity contribution in [2.45, 2.75) is 26.8 Å². The van der Waals surface area contributed by atoms with Crippen molar-refractivity contribution >= 4 is 5.91 Å². The molecule has 9 nitrogen and oxygen atoms in total. The van der Waals surface area contributed by atoms with Gasteiger partial charge in [0.15, 0.2) is 5.82 Å². The molecule has 1 unspecified atom stereocenters. The predicted octanol–water partition coefficient (Wildman–Crippen LogP) is 3.62. The van der Waals surface area contributed by atoms with Crippen molar-refractivity contribution in [2.24, 2.45) is 5.92 Å². The zero-order valence-corrected chi connectivity index (χ0v) is 16.7. The van der Waals surface area contributed by atoms with Crippen LogP contribution in [-0.4, -0.2) is 31.2 Å². The quantitative estimate of drug-likeness (QED) is 0.517. The number of amides is 1. The topological polar surface area (TPSA) is 120 Å². The van der Waals surface area contributed by atoms with Crippen LogP contribution in [0.15, 0.2) is 57.8 Å². The molecule has 1 N–H and O–H groups in total. The van der Waals surface area contributed by atoms with Gasteiger partial charge < -0.3 is 14.4 Å². The number of benzene rings is 1. The first-order valence-corrected chi connectivity index (χ1v) is 9.47. The molecule has 0 aliphatic heterocycles. The lowest BCUT2D eigenvalue weighted by atomic mass is 10.0. The summed E-state index contributed by atoms with van der Waals surface area (Å²) in [4.78, 5) is 25.4. The summed E-state index contributed by atoms with van der Waals surface area (Å²) in [7, 11) is 0.